The molecule has 1 aromatic rings. The minimum Gasteiger partial charge on any atom is -0.465 e. The molecule has 0 aliphatic carbocycles. The van der Waals surface area contributed by atoms with Crippen LogP contribution in [0.25, 0.3) is 0 Å². The first-order valence-electron chi connectivity index (χ1n) is 4.81. The zero-order valence-corrected chi connectivity index (χ0v) is 8.86. The lowest BCUT2D eigenvalue weighted by molar-refractivity contribution is 0.318. The van der Waals surface area contributed by atoms with Crippen molar-refractivity contribution < 1.29 is 4.42 Å². The van der Waals surface area contributed by atoms with Gasteiger partial charge in [0.25, 0.3) is 0 Å². The Bertz CT molecular complexity index is 291. The number of likely N-dealkylation sites (N-methyl/N-ethyl adjacent to an activating group) is 1. The summed E-state index contributed by atoms with van der Waals surface area (Å²) in [5.74, 6) is 1.97. The van der Waals surface area contributed by atoms with Crippen molar-refractivity contribution in [3.8, 4) is 0 Å². The van der Waals surface area contributed by atoms with Gasteiger partial charge in [-0.05, 0) is 26.1 Å². The summed E-state index contributed by atoms with van der Waals surface area (Å²) < 4.78 is 5.47. The van der Waals surface area contributed by atoms with Crippen LogP contribution in [0.5, 0.6) is 0 Å². The van der Waals surface area contributed by atoms with Gasteiger partial charge >= 0.3 is 0 Å². The van der Waals surface area contributed by atoms with Crippen molar-refractivity contribution in [2.45, 2.75) is 13.5 Å². The van der Waals surface area contributed by atoms with Crippen LogP contribution < -0.4 is 5.73 Å². The van der Waals surface area contributed by atoms with E-state index in [0.717, 1.165) is 24.6 Å². The Labute approximate surface area is 85.2 Å². The van der Waals surface area contributed by atoms with Gasteiger partial charge in [-0.25, -0.2) is 0 Å². The Hall–Kier alpha value is -1.06. The van der Waals surface area contributed by atoms with Crippen molar-refractivity contribution in [1.82, 2.24) is 4.90 Å². The van der Waals surface area contributed by atoms with E-state index in [1.807, 2.05) is 25.1 Å². The first kappa shape index (κ1) is 11.0. The predicted octanol–water partition coefficient (Wildman–Crippen LogP) is 1.53. The standard InChI is InChI=1S/C11H18N2O/c1-10-5-6-11(14-10)9-13(2)8-4-3-7-12/h3-6H,7-9,12H2,1-2H3. The first-order valence-corrected chi connectivity index (χ1v) is 4.81. The second-order valence-electron chi connectivity index (χ2n) is 3.42. The fourth-order valence-corrected chi connectivity index (χ4v) is 1.25. The van der Waals surface area contributed by atoms with Gasteiger partial charge in [-0.15, -0.1) is 0 Å². The summed E-state index contributed by atoms with van der Waals surface area (Å²) in [6.45, 7) is 4.30. The van der Waals surface area contributed by atoms with Gasteiger partial charge in [-0.3, -0.25) is 4.90 Å². The van der Waals surface area contributed by atoms with E-state index in [2.05, 4.69) is 18.0 Å². The summed E-state index contributed by atoms with van der Waals surface area (Å²) in [5, 5.41) is 0. The lowest BCUT2D eigenvalue weighted by atomic mass is 10.4. The van der Waals surface area contributed by atoms with E-state index in [1.54, 1.807) is 0 Å². The highest BCUT2D eigenvalue weighted by atomic mass is 16.3. The van der Waals surface area contributed by atoms with Crippen LogP contribution in [0.4, 0.5) is 0 Å². The summed E-state index contributed by atoms with van der Waals surface area (Å²) in [4.78, 5) is 2.17. The van der Waals surface area contributed by atoms with Crippen molar-refractivity contribution >= 4 is 0 Å². The predicted molar refractivity (Wildman–Crippen MR) is 58.0 cm³/mol. The van der Waals surface area contributed by atoms with E-state index < -0.39 is 0 Å². The molecule has 0 unspecified atom stereocenters. The van der Waals surface area contributed by atoms with Crippen LogP contribution >= 0.6 is 0 Å². The Morgan fingerprint density at radius 1 is 1.43 bits per heavy atom. The highest BCUT2D eigenvalue weighted by molar-refractivity contribution is 5.05. The summed E-state index contributed by atoms with van der Waals surface area (Å²) >= 11 is 0. The molecule has 0 aromatic carbocycles. The molecule has 0 aliphatic heterocycles. The smallest absolute Gasteiger partial charge is 0.118 e. The molecule has 1 aromatic heterocycles. The molecule has 3 heteroatoms. The quantitative estimate of drug-likeness (QED) is 0.723. The molecule has 1 rings (SSSR count). The molecule has 0 saturated heterocycles. The average molecular weight is 194 g/mol. The number of aryl methyl sites for hydroxylation is 1. The van der Waals surface area contributed by atoms with Gasteiger partial charge in [0.05, 0.1) is 6.54 Å². The fraction of sp³-hybridized carbons (Fsp3) is 0.455. The van der Waals surface area contributed by atoms with Gasteiger partial charge in [0, 0.05) is 13.1 Å². The third-order valence-electron chi connectivity index (χ3n) is 1.94. The summed E-state index contributed by atoms with van der Waals surface area (Å²) in [6.07, 6.45) is 4.03. The van der Waals surface area contributed by atoms with Crippen LogP contribution in [0.1, 0.15) is 11.5 Å². The molecular weight excluding hydrogens is 176 g/mol. The number of nitrogens with zero attached hydrogens (tertiary/aromatic N) is 1. The van der Waals surface area contributed by atoms with Crippen molar-refractivity contribution in [1.29, 1.82) is 0 Å². The highest BCUT2D eigenvalue weighted by Crippen LogP contribution is 2.08. The topological polar surface area (TPSA) is 42.4 Å². The van der Waals surface area contributed by atoms with Crippen LogP contribution in [-0.2, 0) is 6.54 Å². The van der Waals surface area contributed by atoms with E-state index in [0.29, 0.717) is 6.54 Å². The SMILES string of the molecule is Cc1ccc(CN(C)CC=CCN)o1. The van der Waals surface area contributed by atoms with Crippen LogP contribution in [0.3, 0.4) is 0 Å². The highest BCUT2D eigenvalue weighted by Gasteiger charge is 2.01. The molecule has 0 radical (unpaired) electrons. The van der Waals surface area contributed by atoms with Crippen LogP contribution in [0.2, 0.25) is 0 Å². The van der Waals surface area contributed by atoms with Gasteiger partial charge in [-0.1, -0.05) is 12.2 Å². The van der Waals surface area contributed by atoms with E-state index in [1.165, 1.54) is 0 Å². The Balaban J connectivity index is 2.33. The monoisotopic (exact) mass is 194 g/mol. The number of rotatable bonds is 5. The molecular formula is C11H18N2O. The maximum Gasteiger partial charge on any atom is 0.118 e. The van der Waals surface area contributed by atoms with Gasteiger partial charge in [-0.2, -0.15) is 0 Å². The zero-order chi connectivity index (χ0) is 10.4. The normalized spacial score (nSPS) is 11.7. The fourth-order valence-electron chi connectivity index (χ4n) is 1.25. The average Bonchev–Trinajstić information content (AvgIpc) is 2.52. The number of hydrogen-bond donors (Lipinski definition) is 1. The van der Waals surface area contributed by atoms with E-state index in [9.17, 15) is 0 Å². The molecule has 0 atom stereocenters. The molecule has 0 aliphatic rings. The lowest BCUT2D eigenvalue weighted by Gasteiger charge is -2.11. The molecule has 2 N–H and O–H groups in total. The van der Waals surface area contributed by atoms with Crippen LogP contribution in [0, 0.1) is 6.92 Å². The summed E-state index contributed by atoms with van der Waals surface area (Å²) in [7, 11) is 2.05. The third kappa shape index (κ3) is 3.77. The maximum atomic E-state index is 5.47. The van der Waals surface area contributed by atoms with Gasteiger partial charge in [0.1, 0.15) is 11.5 Å². The third-order valence-corrected chi connectivity index (χ3v) is 1.94. The molecule has 0 amide bonds. The molecule has 78 valence electrons. The van der Waals surface area contributed by atoms with E-state index >= 15 is 0 Å². The largest absolute Gasteiger partial charge is 0.465 e. The Kier molecular flexibility index (Phi) is 4.43. The van der Waals surface area contributed by atoms with Gasteiger partial charge < -0.3 is 10.2 Å². The van der Waals surface area contributed by atoms with Gasteiger partial charge in [0.2, 0.25) is 0 Å². The van der Waals surface area contributed by atoms with Crippen molar-refractivity contribution in [2.75, 3.05) is 20.1 Å². The molecule has 0 spiro atoms. The molecule has 14 heavy (non-hydrogen) atoms. The Morgan fingerprint density at radius 3 is 2.79 bits per heavy atom. The molecule has 0 bridgehead atoms. The van der Waals surface area contributed by atoms with Crippen molar-refractivity contribution in [3.05, 3.63) is 35.8 Å². The lowest BCUT2D eigenvalue weighted by Crippen LogP contribution is -2.17. The minimum atomic E-state index is 0.605. The zero-order valence-electron chi connectivity index (χ0n) is 8.86. The molecule has 0 fully saturated rings. The van der Waals surface area contributed by atoms with E-state index in [4.69, 9.17) is 10.2 Å². The molecule has 3 nitrogen and oxygen atoms in total. The van der Waals surface area contributed by atoms with E-state index in [-0.39, 0.29) is 0 Å². The first-order chi connectivity index (χ1) is 6.72. The number of nitrogens with two attached hydrogens (primary N) is 1. The van der Waals surface area contributed by atoms with Gasteiger partial charge in [0.15, 0.2) is 0 Å². The second kappa shape index (κ2) is 5.62. The maximum absolute atomic E-state index is 5.47. The number of furan rings is 1. The number of hydrogen-bond acceptors (Lipinski definition) is 3. The van der Waals surface area contributed by atoms with Crippen molar-refractivity contribution in [2.24, 2.45) is 5.73 Å². The Morgan fingerprint density at radius 2 is 2.21 bits per heavy atom. The second-order valence-corrected chi connectivity index (χ2v) is 3.42. The van der Waals surface area contributed by atoms with Crippen LogP contribution in [-0.4, -0.2) is 25.0 Å². The summed E-state index contributed by atoms with van der Waals surface area (Å²) in [5.41, 5.74) is 5.35. The minimum absolute atomic E-state index is 0.605. The van der Waals surface area contributed by atoms with Crippen molar-refractivity contribution in [3.63, 3.8) is 0 Å². The summed E-state index contributed by atoms with van der Waals surface area (Å²) in [6, 6.07) is 4.00. The molecule has 0 saturated carbocycles. The molecule has 1 heterocycles. The van der Waals surface area contributed by atoms with Crippen LogP contribution in [0.15, 0.2) is 28.7 Å².